The zero-order valence-electron chi connectivity index (χ0n) is 22.4. The highest BCUT2D eigenvalue weighted by Crippen LogP contribution is 2.68. The van der Waals surface area contributed by atoms with Crippen molar-refractivity contribution >= 4 is 23.5 Å². The van der Waals surface area contributed by atoms with E-state index in [1.54, 1.807) is 16.1 Å². The van der Waals surface area contributed by atoms with Crippen LogP contribution in [0.5, 0.6) is 0 Å². The second kappa shape index (κ2) is 9.75. The molecular formula is C37H34S2. The van der Waals surface area contributed by atoms with Crippen molar-refractivity contribution in [1.82, 2.24) is 0 Å². The molecule has 0 radical (unpaired) electrons. The van der Waals surface area contributed by atoms with Crippen molar-refractivity contribution in [2.75, 3.05) is 0 Å². The fourth-order valence-electron chi connectivity index (χ4n) is 8.02. The Balaban J connectivity index is 1.48. The van der Waals surface area contributed by atoms with Gasteiger partial charge in [0.25, 0.3) is 0 Å². The third-order valence-electron chi connectivity index (χ3n) is 9.56. The number of hydrogen-bond acceptors (Lipinski definition) is 2. The second-order valence-electron chi connectivity index (χ2n) is 11.6. The van der Waals surface area contributed by atoms with E-state index in [0.717, 1.165) is 12.8 Å². The standard InChI is InChI=1S/C37H34S2/c1-3-13-25(14-4-1)27-17-12-24-34-35(27)37(29-19-7-9-22-32(29)38-34)30-20-8-10-23-33(30)39-36-28(18-11-21-31(36)37)26-15-5-2-6-16-26/h2-3,5-7,9,11,13,15-16,18-23,25,27H,1,4,8,10,12,14,17,24H2. The molecule has 194 valence electrons. The van der Waals surface area contributed by atoms with E-state index in [2.05, 4.69) is 109 Å². The van der Waals surface area contributed by atoms with Gasteiger partial charge >= 0.3 is 0 Å². The van der Waals surface area contributed by atoms with Crippen LogP contribution in [0.25, 0.3) is 11.1 Å². The van der Waals surface area contributed by atoms with Gasteiger partial charge in [0.05, 0.1) is 5.41 Å². The number of hydrogen-bond donors (Lipinski definition) is 0. The average Bonchev–Trinajstić information content (AvgIpc) is 3.01. The summed E-state index contributed by atoms with van der Waals surface area (Å²) in [7, 11) is 0. The summed E-state index contributed by atoms with van der Waals surface area (Å²) in [5.74, 6) is 1.25. The van der Waals surface area contributed by atoms with Gasteiger partial charge in [-0.2, -0.15) is 0 Å². The van der Waals surface area contributed by atoms with Crippen molar-refractivity contribution in [2.45, 2.75) is 66.6 Å². The van der Waals surface area contributed by atoms with Gasteiger partial charge in [0.15, 0.2) is 0 Å². The molecule has 8 rings (SSSR count). The molecule has 2 heteroatoms. The third kappa shape index (κ3) is 3.67. The molecule has 3 aliphatic carbocycles. The first-order chi connectivity index (χ1) is 19.4. The highest BCUT2D eigenvalue weighted by Gasteiger charge is 2.54. The Hall–Kier alpha value is -2.68. The first-order valence-corrected chi connectivity index (χ1v) is 16.4. The van der Waals surface area contributed by atoms with Crippen LogP contribution in [-0.2, 0) is 5.41 Å². The minimum Gasteiger partial charge on any atom is -0.0942 e. The predicted molar refractivity (Wildman–Crippen MR) is 167 cm³/mol. The maximum Gasteiger partial charge on any atom is 0.0704 e. The van der Waals surface area contributed by atoms with E-state index in [1.165, 1.54) is 75.5 Å². The lowest BCUT2D eigenvalue weighted by molar-refractivity contribution is 0.334. The molecule has 0 bridgehead atoms. The Morgan fingerprint density at radius 1 is 0.718 bits per heavy atom. The number of allylic oxidation sites excluding steroid dienone is 7. The van der Waals surface area contributed by atoms with Crippen LogP contribution in [0.15, 0.2) is 128 Å². The summed E-state index contributed by atoms with van der Waals surface area (Å²) in [5, 5.41) is 0. The van der Waals surface area contributed by atoms with Crippen LogP contribution in [0.2, 0.25) is 0 Å². The summed E-state index contributed by atoms with van der Waals surface area (Å²) in [4.78, 5) is 6.09. The number of rotatable bonds is 2. The highest BCUT2D eigenvalue weighted by atomic mass is 32.2. The smallest absolute Gasteiger partial charge is 0.0704 e. The molecular weight excluding hydrogens is 509 g/mol. The molecule has 3 aromatic rings. The van der Waals surface area contributed by atoms with E-state index >= 15 is 0 Å². The monoisotopic (exact) mass is 542 g/mol. The van der Waals surface area contributed by atoms with E-state index in [0.29, 0.717) is 11.8 Å². The Labute approximate surface area is 241 Å². The first-order valence-electron chi connectivity index (χ1n) is 14.8. The molecule has 0 saturated carbocycles. The van der Waals surface area contributed by atoms with Crippen LogP contribution >= 0.6 is 23.5 Å². The molecule has 0 fully saturated rings. The minimum atomic E-state index is -0.203. The Morgan fingerprint density at radius 3 is 2.46 bits per heavy atom. The van der Waals surface area contributed by atoms with Gasteiger partial charge < -0.3 is 0 Å². The topological polar surface area (TPSA) is 0 Å². The summed E-state index contributed by atoms with van der Waals surface area (Å²) in [6.07, 6.45) is 20.3. The maximum atomic E-state index is 2.63. The Bertz CT molecular complexity index is 1570. The van der Waals surface area contributed by atoms with Gasteiger partial charge in [-0.1, -0.05) is 115 Å². The highest BCUT2D eigenvalue weighted by molar-refractivity contribution is 8.03. The lowest BCUT2D eigenvalue weighted by Crippen LogP contribution is -2.44. The van der Waals surface area contributed by atoms with Crippen LogP contribution in [0.4, 0.5) is 0 Å². The quantitative estimate of drug-likeness (QED) is 0.295. The van der Waals surface area contributed by atoms with Crippen molar-refractivity contribution in [1.29, 1.82) is 0 Å². The molecule has 3 unspecified atom stereocenters. The fourth-order valence-corrected chi connectivity index (χ4v) is 10.8. The summed E-state index contributed by atoms with van der Waals surface area (Å²) >= 11 is 4.12. The van der Waals surface area contributed by atoms with E-state index < -0.39 is 0 Å². The second-order valence-corrected chi connectivity index (χ2v) is 13.8. The van der Waals surface area contributed by atoms with Crippen LogP contribution in [-0.4, -0.2) is 0 Å². The summed E-state index contributed by atoms with van der Waals surface area (Å²) in [6, 6.07) is 27.7. The molecule has 3 atom stereocenters. The van der Waals surface area contributed by atoms with Crippen LogP contribution < -0.4 is 0 Å². The number of fused-ring (bicyclic) bond motifs is 7. The molecule has 39 heavy (non-hydrogen) atoms. The van der Waals surface area contributed by atoms with Crippen molar-refractivity contribution < 1.29 is 0 Å². The van der Waals surface area contributed by atoms with Crippen molar-refractivity contribution in [3.05, 3.63) is 129 Å². The Kier molecular flexibility index (Phi) is 6.04. The lowest BCUT2D eigenvalue weighted by Gasteiger charge is -2.53. The van der Waals surface area contributed by atoms with E-state index in [-0.39, 0.29) is 5.41 Å². The SMILES string of the molecule is C1=CC(C2CCCC3=C2C2(C4=CCCC=C4Sc4c(-c5ccccc5)cccc42)c2ccccc2S3)CCC1. The number of thioether (sulfide) groups is 2. The molecule has 3 aromatic carbocycles. The van der Waals surface area contributed by atoms with Crippen molar-refractivity contribution in [3.63, 3.8) is 0 Å². The first kappa shape index (κ1) is 24.1. The molecule has 2 heterocycles. The van der Waals surface area contributed by atoms with Gasteiger partial charge in [0.1, 0.15) is 0 Å². The molecule has 1 spiro atoms. The minimum absolute atomic E-state index is 0.203. The molecule has 5 aliphatic rings. The molecule has 0 amide bonds. The molecule has 0 aromatic heterocycles. The van der Waals surface area contributed by atoms with Crippen LogP contribution in [0, 0.1) is 11.8 Å². The number of benzene rings is 3. The van der Waals surface area contributed by atoms with Gasteiger partial charge in [-0.25, -0.2) is 0 Å². The zero-order valence-corrected chi connectivity index (χ0v) is 24.0. The van der Waals surface area contributed by atoms with Crippen LogP contribution in [0.1, 0.15) is 62.5 Å². The zero-order chi connectivity index (χ0) is 25.8. The van der Waals surface area contributed by atoms with Gasteiger partial charge in [-0.3, -0.25) is 0 Å². The summed E-state index contributed by atoms with van der Waals surface area (Å²) in [5.41, 5.74) is 8.86. The fraction of sp³-hybridized carbons (Fsp3) is 0.297. The van der Waals surface area contributed by atoms with Crippen LogP contribution in [0.3, 0.4) is 0 Å². The molecule has 2 aliphatic heterocycles. The van der Waals surface area contributed by atoms with E-state index in [4.69, 9.17) is 0 Å². The lowest BCUT2D eigenvalue weighted by atomic mass is 9.56. The normalized spacial score (nSPS) is 27.2. The van der Waals surface area contributed by atoms with Gasteiger partial charge in [0, 0.05) is 14.7 Å². The van der Waals surface area contributed by atoms with Crippen molar-refractivity contribution in [2.24, 2.45) is 11.8 Å². The van der Waals surface area contributed by atoms with E-state index in [1.807, 2.05) is 11.8 Å². The summed E-state index contributed by atoms with van der Waals surface area (Å²) < 4.78 is 0. The predicted octanol–water partition coefficient (Wildman–Crippen LogP) is 10.9. The van der Waals surface area contributed by atoms with Gasteiger partial charge in [-0.15, -0.1) is 0 Å². The molecule has 0 nitrogen and oxygen atoms in total. The van der Waals surface area contributed by atoms with Gasteiger partial charge in [0.2, 0.25) is 0 Å². The summed E-state index contributed by atoms with van der Waals surface area (Å²) in [6.45, 7) is 0. The largest absolute Gasteiger partial charge is 0.0942 e. The third-order valence-corrected chi connectivity index (χ3v) is 12.1. The maximum absolute atomic E-state index is 2.63. The van der Waals surface area contributed by atoms with E-state index in [9.17, 15) is 0 Å². The van der Waals surface area contributed by atoms with Gasteiger partial charge in [-0.05, 0) is 108 Å². The molecule has 0 saturated heterocycles. The van der Waals surface area contributed by atoms with Crippen molar-refractivity contribution in [3.8, 4) is 11.1 Å². The molecule has 0 N–H and O–H groups in total. The average molecular weight is 543 g/mol. The Morgan fingerprint density at radius 2 is 1.56 bits per heavy atom.